The molecule has 1 N–H and O–H groups in total. The topological polar surface area (TPSA) is 87.2 Å². The molecule has 0 unspecified atom stereocenters. The van der Waals surface area contributed by atoms with Gasteiger partial charge in [-0.15, -0.1) is 0 Å². The first-order valence-electron chi connectivity index (χ1n) is 3.89. The second-order valence-corrected chi connectivity index (χ2v) is 2.78. The summed E-state index contributed by atoms with van der Waals surface area (Å²) in [7, 11) is 0. The van der Waals surface area contributed by atoms with E-state index in [0.717, 1.165) is 0 Å². The normalized spacial score (nSPS) is 9.50. The van der Waals surface area contributed by atoms with Crippen LogP contribution in [0.4, 0.5) is 5.69 Å². The molecule has 0 radical (unpaired) electrons. The second kappa shape index (κ2) is 3.85. The summed E-state index contributed by atoms with van der Waals surface area (Å²) in [6, 6.07) is 4.77. The highest BCUT2D eigenvalue weighted by molar-refractivity contribution is 5.54. The van der Waals surface area contributed by atoms with E-state index < -0.39 is 11.5 Å². The molecule has 0 aromatic heterocycles. The van der Waals surface area contributed by atoms with Crippen molar-refractivity contribution >= 4 is 5.69 Å². The summed E-state index contributed by atoms with van der Waals surface area (Å²) in [5.74, 6) is 0. The van der Waals surface area contributed by atoms with Gasteiger partial charge in [0.25, 0.3) is 5.69 Å². The van der Waals surface area contributed by atoms with Gasteiger partial charge in [0.15, 0.2) is 0 Å². The number of rotatable bonds is 2. The third-order valence-electron chi connectivity index (χ3n) is 1.95. The Morgan fingerprint density at radius 3 is 2.71 bits per heavy atom. The maximum Gasteiger partial charge on any atom is 0.279 e. The molecule has 0 aliphatic carbocycles. The van der Waals surface area contributed by atoms with Crippen molar-refractivity contribution in [1.82, 2.24) is 0 Å². The number of benzene rings is 1. The van der Waals surface area contributed by atoms with Crippen LogP contribution in [0, 0.1) is 28.4 Å². The molecule has 0 saturated carbocycles. The lowest BCUT2D eigenvalue weighted by atomic mass is 10.0. The van der Waals surface area contributed by atoms with E-state index in [4.69, 9.17) is 10.4 Å². The highest BCUT2D eigenvalue weighted by Crippen LogP contribution is 2.26. The van der Waals surface area contributed by atoms with Gasteiger partial charge in [-0.3, -0.25) is 10.1 Å². The lowest BCUT2D eigenvalue weighted by Crippen LogP contribution is -2.00. The molecule has 0 aliphatic rings. The Kier molecular flexibility index (Phi) is 2.79. The number of hydrogen-bond donors (Lipinski definition) is 1. The van der Waals surface area contributed by atoms with Crippen molar-refractivity contribution in [3.63, 3.8) is 0 Å². The van der Waals surface area contributed by atoms with E-state index >= 15 is 0 Å². The number of aryl methyl sites for hydroxylation is 1. The van der Waals surface area contributed by atoms with E-state index in [1.165, 1.54) is 12.1 Å². The summed E-state index contributed by atoms with van der Waals surface area (Å²) in [5, 5.41) is 28.3. The Hall–Kier alpha value is -1.93. The Balaban J connectivity index is 3.53. The van der Waals surface area contributed by atoms with Crippen LogP contribution in [0.1, 0.15) is 16.7 Å². The lowest BCUT2D eigenvalue weighted by molar-refractivity contribution is -0.386. The number of nitrogens with zero attached hydrogens (tertiary/aromatic N) is 2. The number of aliphatic hydroxyl groups excluding tert-OH is 1. The zero-order valence-corrected chi connectivity index (χ0v) is 7.52. The third-order valence-corrected chi connectivity index (χ3v) is 1.95. The summed E-state index contributed by atoms with van der Waals surface area (Å²) in [5.41, 5.74) is 0.493. The molecule has 1 aromatic carbocycles. The molecule has 0 atom stereocenters. The SMILES string of the molecule is Cc1ccc(C#N)c(CO)c1[N+](=O)[O-]. The Morgan fingerprint density at radius 1 is 1.64 bits per heavy atom. The first-order chi connectivity index (χ1) is 6.61. The molecule has 0 amide bonds. The summed E-state index contributed by atoms with van der Waals surface area (Å²) >= 11 is 0. The van der Waals surface area contributed by atoms with Gasteiger partial charge in [-0.05, 0) is 13.0 Å². The molecule has 0 heterocycles. The van der Waals surface area contributed by atoms with Gasteiger partial charge in [0, 0.05) is 5.56 Å². The Morgan fingerprint density at radius 2 is 2.29 bits per heavy atom. The van der Waals surface area contributed by atoms with Crippen LogP contribution in [0.25, 0.3) is 0 Å². The zero-order chi connectivity index (χ0) is 10.7. The molecule has 5 heteroatoms. The zero-order valence-electron chi connectivity index (χ0n) is 7.52. The summed E-state index contributed by atoms with van der Waals surface area (Å²) < 4.78 is 0. The predicted octanol–water partition coefficient (Wildman–Crippen LogP) is 1.27. The van der Waals surface area contributed by atoms with E-state index in [2.05, 4.69) is 0 Å². The molecule has 1 aromatic rings. The highest BCUT2D eigenvalue weighted by Gasteiger charge is 2.19. The van der Waals surface area contributed by atoms with Crippen LogP contribution in [-0.2, 0) is 6.61 Å². The van der Waals surface area contributed by atoms with Crippen molar-refractivity contribution in [2.75, 3.05) is 0 Å². The van der Waals surface area contributed by atoms with Crippen molar-refractivity contribution in [3.05, 3.63) is 38.9 Å². The number of hydrogen-bond acceptors (Lipinski definition) is 4. The fourth-order valence-corrected chi connectivity index (χ4v) is 1.27. The van der Waals surface area contributed by atoms with Gasteiger partial charge >= 0.3 is 0 Å². The number of aliphatic hydroxyl groups is 1. The molecule has 0 fully saturated rings. The molecular weight excluding hydrogens is 184 g/mol. The van der Waals surface area contributed by atoms with Crippen molar-refractivity contribution in [2.45, 2.75) is 13.5 Å². The largest absolute Gasteiger partial charge is 0.391 e. The monoisotopic (exact) mass is 192 g/mol. The van der Waals surface area contributed by atoms with Gasteiger partial charge in [-0.25, -0.2) is 0 Å². The average molecular weight is 192 g/mol. The molecule has 0 saturated heterocycles. The summed E-state index contributed by atoms with van der Waals surface area (Å²) in [6.45, 7) is 1.07. The minimum atomic E-state index is -0.582. The van der Waals surface area contributed by atoms with Crippen molar-refractivity contribution in [3.8, 4) is 6.07 Å². The molecular formula is C9H8N2O3. The first kappa shape index (κ1) is 10.2. The van der Waals surface area contributed by atoms with Crippen LogP contribution in [0.5, 0.6) is 0 Å². The summed E-state index contributed by atoms with van der Waals surface area (Å²) in [4.78, 5) is 10.1. The fourth-order valence-electron chi connectivity index (χ4n) is 1.27. The fraction of sp³-hybridized carbons (Fsp3) is 0.222. The third kappa shape index (κ3) is 1.56. The molecule has 72 valence electrons. The highest BCUT2D eigenvalue weighted by atomic mass is 16.6. The number of nitro groups is 1. The van der Waals surface area contributed by atoms with Crippen LogP contribution in [-0.4, -0.2) is 10.0 Å². The van der Waals surface area contributed by atoms with Crippen molar-refractivity contribution in [1.29, 1.82) is 5.26 Å². The van der Waals surface area contributed by atoms with Crippen LogP contribution in [0.15, 0.2) is 12.1 Å². The van der Waals surface area contributed by atoms with E-state index in [0.29, 0.717) is 5.56 Å². The predicted molar refractivity (Wildman–Crippen MR) is 48.5 cm³/mol. The standard InChI is InChI=1S/C9H8N2O3/c1-6-2-3-7(4-10)8(5-12)9(6)11(13)14/h2-3,12H,5H2,1H3. The van der Waals surface area contributed by atoms with Gasteiger partial charge in [-0.2, -0.15) is 5.26 Å². The Labute approximate surface area is 80.4 Å². The maximum absolute atomic E-state index is 10.7. The molecule has 5 nitrogen and oxygen atoms in total. The van der Waals surface area contributed by atoms with Crippen LogP contribution in [0.3, 0.4) is 0 Å². The molecule has 0 spiro atoms. The number of nitriles is 1. The first-order valence-corrected chi connectivity index (χ1v) is 3.89. The lowest BCUT2D eigenvalue weighted by Gasteiger charge is -2.03. The molecule has 0 aliphatic heterocycles. The average Bonchev–Trinajstić information content (AvgIpc) is 2.16. The minimum Gasteiger partial charge on any atom is -0.391 e. The van der Waals surface area contributed by atoms with Gasteiger partial charge in [0.1, 0.15) is 0 Å². The summed E-state index contributed by atoms with van der Waals surface area (Å²) in [6.07, 6.45) is 0. The van der Waals surface area contributed by atoms with E-state index in [1.807, 2.05) is 0 Å². The molecule has 1 rings (SSSR count). The van der Waals surface area contributed by atoms with Gasteiger partial charge < -0.3 is 5.11 Å². The van der Waals surface area contributed by atoms with Crippen molar-refractivity contribution in [2.24, 2.45) is 0 Å². The maximum atomic E-state index is 10.7. The van der Waals surface area contributed by atoms with Crippen molar-refractivity contribution < 1.29 is 10.0 Å². The van der Waals surface area contributed by atoms with Gasteiger partial charge in [0.05, 0.1) is 28.7 Å². The molecule has 0 bridgehead atoms. The smallest absolute Gasteiger partial charge is 0.279 e. The molecule has 14 heavy (non-hydrogen) atoms. The van der Waals surface area contributed by atoms with Crippen LogP contribution in [0.2, 0.25) is 0 Å². The van der Waals surface area contributed by atoms with Crippen LogP contribution < -0.4 is 0 Å². The minimum absolute atomic E-state index is 0.0810. The second-order valence-electron chi connectivity index (χ2n) is 2.78. The quantitative estimate of drug-likeness (QED) is 0.564. The van der Waals surface area contributed by atoms with Gasteiger partial charge in [0.2, 0.25) is 0 Å². The number of nitro benzene ring substituents is 1. The van der Waals surface area contributed by atoms with Gasteiger partial charge in [-0.1, -0.05) is 6.07 Å². The Bertz CT molecular complexity index is 421. The van der Waals surface area contributed by atoms with E-state index in [-0.39, 0.29) is 16.8 Å². The van der Waals surface area contributed by atoms with E-state index in [1.54, 1.807) is 13.0 Å². The van der Waals surface area contributed by atoms with Crippen LogP contribution >= 0.6 is 0 Å². The van der Waals surface area contributed by atoms with E-state index in [9.17, 15) is 10.1 Å².